The van der Waals surface area contributed by atoms with E-state index in [4.69, 9.17) is 22.3 Å². The zero-order chi connectivity index (χ0) is 26.8. The quantitative estimate of drug-likeness (QED) is 0.0926. The minimum absolute atomic E-state index is 0.0561. The van der Waals surface area contributed by atoms with E-state index in [9.17, 15) is 19.2 Å². The molecule has 0 spiro atoms. The molecule has 3 amide bonds. The Kier molecular flexibility index (Phi) is 10.2. The molecule has 1 aromatic carbocycles. The molecule has 11 N–H and O–H groups in total. The van der Waals surface area contributed by atoms with Crippen LogP contribution in [0, 0.1) is 0 Å². The number of fused-ring (bicyclic) bond motifs is 1. The minimum Gasteiger partial charge on any atom is -0.480 e. The maximum absolute atomic E-state index is 13.1. The molecule has 0 bridgehead atoms. The van der Waals surface area contributed by atoms with Gasteiger partial charge in [0.05, 0.1) is 6.04 Å². The van der Waals surface area contributed by atoms with Gasteiger partial charge in [-0.1, -0.05) is 18.2 Å². The van der Waals surface area contributed by atoms with Crippen LogP contribution in [0.5, 0.6) is 0 Å². The molecule has 2 rings (SSSR count). The van der Waals surface area contributed by atoms with E-state index >= 15 is 0 Å². The lowest BCUT2D eigenvalue weighted by Gasteiger charge is -2.23. The fourth-order valence-corrected chi connectivity index (χ4v) is 3.44. The second-order valence-corrected chi connectivity index (χ2v) is 8.48. The van der Waals surface area contributed by atoms with E-state index in [0.717, 1.165) is 16.5 Å². The van der Waals surface area contributed by atoms with Crippen LogP contribution in [0.4, 0.5) is 0 Å². The molecule has 4 atom stereocenters. The van der Waals surface area contributed by atoms with E-state index in [0.29, 0.717) is 13.0 Å². The fraction of sp³-hybridized carbons (Fsp3) is 0.435. The predicted octanol–water partition coefficient (Wildman–Crippen LogP) is -1.33. The van der Waals surface area contributed by atoms with Crippen LogP contribution in [0.1, 0.15) is 32.3 Å². The number of nitrogens with one attached hydrogen (secondary N) is 4. The van der Waals surface area contributed by atoms with Crippen molar-refractivity contribution in [3.8, 4) is 0 Å². The van der Waals surface area contributed by atoms with Gasteiger partial charge >= 0.3 is 5.97 Å². The molecular weight excluding hydrogens is 468 g/mol. The number of H-pyrrole nitrogens is 1. The lowest BCUT2D eigenvalue weighted by atomic mass is 10.0. The molecule has 2 aromatic rings. The highest BCUT2D eigenvalue weighted by molar-refractivity contribution is 5.94. The standard InChI is InChI=1S/C23H34N8O5/c1-12(19(32)30-13(2)22(35)36)29-21(34)18(10-14-11-28-17-8-4-3-6-15(14)17)31-20(33)16(24)7-5-9-27-23(25)26/h3-4,6,8,11-13,16,18,28H,5,7,9-10,24H2,1-2H3,(H,29,34)(H,30,32)(H,31,33)(H,35,36)(H4,25,26,27). The number of amides is 3. The zero-order valence-corrected chi connectivity index (χ0v) is 20.3. The smallest absolute Gasteiger partial charge is 0.325 e. The third-order valence-corrected chi connectivity index (χ3v) is 5.52. The molecule has 0 aliphatic rings. The summed E-state index contributed by atoms with van der Waals surface area (Å²) in [6.45, 7) is 3.04. The first-order valence-corrected chi connectivity index (χ1v) is 11.5. The summed E-state index contributed by atoms with van der Waals surface area (Å²) in [5, 5.41) is 17.4. The molecule has 4 unspecified atom stereocenters. The Morgan fingerprint density at radius 2 is 1.67 bits per heavy atom. The highest BCUT2D eigenvalue weighted by Crippen LogP contribution is 2.19. The molecule has 13 nitrogen and oxygen atoms in total. The van der Waals surface area contributed by atoms with Crippen molar-refractivity contribution in [3.63, 3.8) is 0 Å². The van der Waals surface area contributed by atoms with Gasteiger partial charge in [-0.3, -0.25) is 24.2 Å². The number of carbonyl (C=O) groups is 4. The number of nitrogens with zero attached hydrogens (tertiary/aromatic N) is 1. The van der Waals surface area contributed by atoms with Gasteiger partial charge in [-0.05, 0) is 38.3 Å². The number of aromatic amines is 1. The first-order chi connectivity index (χ1) is 17.0. The second kappa shape index (κ2) is 13.1. The zero-order valence-electron chi connectivity index (χ0n) is 20.3. The summed E-state index contributed by atoms with van der Waals surface area (Å²) in [4.78, 5) is 56.2. The summed E-state index contributed by atoms with van der Waals surface area (Å²) in [7, 11) is 0. The van der Waals surface area contributed by atoms with Crippen LogP contribution < -0.4 is 33.2 Å². The van der Waals surface area contributed by atoms with Crippen molar-refractivity contribution in [1.82, 2.24) is 20.9 Å². The number of carboxylic acid groups (broad SMARTS) is 1. The lowest BCUT2D eigenvalue weighted by molar-refractivity contribution is -0.141. The Labute approximate surface area is 208 Å². The summed E-state index contributed by atoms with van der Waals surface area (Å²) in [5.41, 5.74) is 18.2. The number of benzene rings is 1. The van der Waals surface area contributed by atoms with Crippen molar-refractivity contribution < 1.29 is 24.3 Å². The molecule has 36 heavy (non-hydrogen) atoms. The Hall–Kier alpha value is -4.13. The minimum atomic E-state index is -1.21. The molecular formula is C23H34N8O5. The number of carbonyl (C=O) groups excluding carboxylic acids is 3. The highest BCUT2D eigenvalue weighted by atomic mass is 16.4. The van der Waals surface area contributed by atoms with E-state index in [-0.39, 0.29) is 18.8 Å². The van der Waals surface area contributed by atoms with Gasteiger partial charge in [-0.15, -0.1) is 0 Å². The maximum atomic E-state index is 13.1. The molecule has 0 aliphatic carbocycles. The van der Waals surface area contributed by atoms with Gasteiger partial charge in [-0.25, -0.2) is 0 Å². The van der Waals surface area contributed by atoms with Crippen LogP contribution in [-0.4, -0.2) is 70.5 Å². The van der Waals surface area contributed by atoms with E-state index in [2.05, 4.69) is 25.9 Å². The van der Waals surface area contributed by atoms with Crippen molar-refractivity contribution in [1.29, 1.82) is 0 Å². The van der Waals surface area contributed by atoms with Gasteiger partial charge in [0.15, 0.2) is 5.96 Å². The van der Waals surface area contributed by atoms with Crippen LogP contribution in [0.25, 0.3) is 10.9 Å². The summed E-state index contributed by atoms with van der Waals surface area (Å²) < 4.78 is 0. The number of rotatable bonds is 13. The third-order valence-electron chi connectivity index (χ3n) is 5.52. The van der Waals surface area contributed by atoms with Gasteiger partial charge in [0.25, 0.3) is 0 Å². The number of guanidine groups is 1. The van der Waals surface area contributed by atoms with Crippen molar-refractivity contribution in [2.24, 2.45) is 22.2 Å². The first-order valence-electron chi connectivity index (χ1n) is 11.5. The molecule has 1 aromatic heterocycles. The Morgan fingerprint density at radius 3 is 2.33 bits per heavy atom. The fourth-order valence-electron chi connectivity index (χ4n) is 3.44. The van der Waals surface area contributed by atoms with Crippen molar-refractivity contribution >= 4 is 40.6 Å². The van der Waals surface area contributed by atoms with Crippen molar-refractivity contribution in [2.45, 2.75) is 57.3 Å². The van der Waals surface area contributed by atoms with Gasteiger partial charge in [0, 0.05) is 30.1 Å². The molecule has 0 aliphatic heterocycles. The number of carboxylic acids is 1. The van der Waals surface area contributed by atoms with Crippen molar-refractivity contribution in [2.75, 3.05) is 6.54 Å². The maximum Gasteiger partial charge on any atom is 0.325 e. The molecule has 0 saturated heterocycles. The number of aromatic nitrogens is 1. The number of hydrogen-bond acceptors (Lipinski definition) is 6. The monoisotopic (exact) mass is 502 g/mol. The molecule has 0 saturated carbocycles. The van der Waals surface area contributed by atoms with E-state index in [1.165, 1.54) is 13.8 Å². The average molecular weight is 503 g/mol. The van der Waals surface area contributed by atoms with Crippen LogP contribution in [-0.2, 0) is 25.6 Å². The molecule has 196 valence electrons. The van der Waals surface area contributed by atoms with E-state index < -0.39 is 47.9 Å². The number of hydrogen-bond donors (Lipinski definition) is 8. The molecule has 13 heteroatoms. The lowest BCUT2D eigenvalue weighted by Crippen LogP contribution is -2.56. The van der Waals surface area contributed by atoms with Gasteiger partial charge in [0.2, 0.25) is 17.7 Å². The van der Waals surface area contributed by atoms with Crippen LogP contribution >= 0.6 is 0 Å². The largest absolute Gasteiger partial charge is 0.480 e. The number of para-hydroxylation sites is 1. The highest BCUT2D eigenvalue weighted by Gasteiger charge is 2.28. The molecule has 0 fully saturated rings. The van der Waals surface area contributed by atoms with Crippen LogP contribution in [0.3, 0.4) is 0 Å². The normalized spacial score (nSPS) is 14.2. The summed E-state index contributed by atoms with van der Waals surface area (Å²) >= 11 is 0. The average Bonchev–Trinajstić information content (AvgIpc) is 3.23. The van der Waals surface area contributed by atoms with Crippen LogP contribution in [0.2, 0.25) is 0 Å². The third kappa shape index (κ3) is 8.27. The number of nitrogens with two attached hydrogens (primary N) is 3. The van der Waals surface area contributed by atoms with E-state index in [1.54, 1.807) is 6.20 Å². The summed E-state index contributed by atoms with van der Waals surface area (Å²) in [5.74, 6) is -3.10. The summed E-state index contributed by atoms with van der Waals surface area (Å²) in [6, 6.07) is 3.36. The van der Waals surface area contributed by atoms with Crippen LogP contribution in [0.15, 0.2) is 35.5 Å². The van der Waals surface area contributed by atoms with Crippen molar-refractivity contribution in [3.05, 3.63) is 36.0 Å². The number of aliphatic imine (C=N–C) groups is 1. The van der Waals surface area contributed by atoms with Gasteiger partial charge < -0.3 is 43.2 Å². The second-order valence-electron chi connectivity index (χ2n) is 8.48. The predicted molar refractivity (Wildman–Crippen MR) is 135 cm³/mol. The molecule has 1 heterocycles. The SMILES string of the molecule is CC(NC(=O)C(C)NC(=O)C(Cc1c[nH]c2ccccc12)NC(=O)C(N)CCCN=C(N)N)C(=O)O. The Bertz CT molecular complexity index is 1110. The van der Waals surface area contributed by atoms with E-state index in [1.807, 2.05) is 24.3 Å². The topological polar surface area (TPSA) is 231 Å². The Morgan fingerprint density at radius 1 is 1.00 bits per heavy atom. The molecule has 0 radical (unpaired) electrons. The van der Waals surface area contributed by atoms with Gasteiger partial charge in [0.1, 0.15) is 18.1 Å². The summed E-state index contributed by atoms with van der Waals surface area (Å²) in [6.07, 6.45) is 2.62. The Balaban J connectivity index is 2.13. The number of aliphatic carboxylic acids is 1. The first kappa shape index (κ1) is 28.1. The van der Waals surface area contributed by atoms with Gasteiger partial charge in [-0.2, -0.15) is 0 Å².